The van der Waals surface area contributed by atoms with Crippen molar-refractivity contribution in [2.75, 3.05) is 44.2 Å². The summed E-state index contributed by atoms with van der Waals surface area (Å²) in [7, 11) is 0. The Balaban J connectivity index is 1.40. The molecule has 1 aliphatic rings. The molecule has 2 aromatic rings. The average Bonchev–Trinajstić information content (AvgIpc) is 2.62. The highest BCUT2D eigenvalue weighted by Gasteiger charge is 2.20. The normalized spacial score (nSPS) is 17.0. The molecule has 0 unspecified atom stereocenters. The molecule has 0 amide bonds. The molecule has 6 heteroatoms. The van der Waals surface area contributed by atoms with Crippen molar-refractivity contribution in [1.29, 1.82) is 0 Å². The molecule has 1 atom stereocenters. The van der Waals surface area contributed by atoms with Crippen molar-refractivity contribution in [3.63, 3.8) is 0 Å². The van der Waals surface area contributed by atoms with E-state index in [1.165, 1.54) is 0 Å². The summed E-state index contributed by atoms with van der Waals surface area (Å²) in [4.78, 5) is 13.0. The van der Waals surface area contributed by atoms with Gasteiger partial charge in [-0.05, 0) is 18.2 Å². The number of nitrogens with zero attached hydrogens (tertiary/aromatic N) is 4. The molecule has 1 aromatic carbocycles. The van der Waals surface area contributed by atoms with E-state index in [1.807, 2.05) is 36.4 Å². The van der Waals surface area contributed by atoms with Crippen LogP contribution in [0.25, 0.3) is 0 Å². The number of anilines is 1. The van der Waals surface area contributed by atoms with Gasteiger partial charge < -0.3 is 14.7 Å². The van der Waals surface area contributed by atoms with E-state index in [2.05, 4.69) is 19.8 Å². The van der Waals surface area contributed by atoms with Gasteiger partial charge in [0.25, 0.3) is 0 Å². The molecule has 1 aromatic heterocycles. The average molecular weight is 314 g/mol. The number of β-amino-alcohol motifs (C(OH)–C–C–N with tert-alkyl or cyclic N) is 1. The fourth-order valence-corrected chi connectivity index (χ4v) is 2.64. The molecule has 3 rings (SSSR count). The molecule has 6 nitrogen and oxygen atoms in total. The van der Waals surface area contributed by atoms with Crippen LogP contribution in [0.2, 0.25) is 0 Å². The molecular weight excluding hydrogens is 292 g/mol. The van der Waals surface area contributed by atoms with Crippen LogP contribution in [-0.4, -0.2) is 65.4 Å². The van der Waals surface area contributed by atoms with Gasteiger partial charge in [-0.25, -0.2) is 9.97 Å². The Kier molecular flexibility index (Phi) is 5.39. The number of aliphatic hydroxyl groups is 1. The maximum absolute atomic E-state index is 10.1. The Morgan fingerprint density at radius 1 is 1.00 bits per heavy atom. The lowest BCUT2D eigenvalue weighted by Gasteiger charge is -2.35. The molecule has 0 aliphatic carbocycles. The van der Waals surface area contributed by atoms with Crippen LogP contribution < -0.4 is 9.64 Å². The van der Waals surface area contributed by atoms with E-state index in [9.17, 15) is 5.11 Å². The minimum absolute atomic E-state index is 0.312. The molecule has 0 spiro atoms. The van der Waals surface area contributed by atoms with Crippen molar-refractivity contribution < 1.29 is 9.84 Å². The van der Waals surface area contributed by atoms with Gasteiger partial charge >= 0.3 is 0 Å². The third kappa shape index (κ3) is 4.64. The van der Waals surface area contributed by atoms with Crippen molar-refractivity contribution in [3.05, 3.63) is 48.8 Å². The van der Waals surface area contributed by atoms with Crippen molar-refractivity contribution in [1.82, 2.24) is 14.9 Å². The monoisotopic (exact) mass is 314 g/mol. The Labute approximate surface area is 136 Å². The molecule has 1 aliphatic heterocycles. The molecule has 2 heterocycles. The zero-order chi connectivity index (χ0) is 15.9. The summed E-state index contributed by atoms with van der Waals surface area (Å²) in [5, 5.41) is 10.1. The lowest BCUT2D eigenvalue weighted by Crippen LogP contribution is -2.49. The molecule has 0 radical (unpaired) electrons. The van der Waals surface area contributed by atoms with Gasteiger partial charge in [-0.2, -0.15) is 0 Å². The molecule has 0 bridgehead atoms. The number of piperazine rings is 1. The lowest BCUT2D eigenvalue weighted by atomic mass is 10.2. The smallest absolute Gasteiger partial charge is 0.225 e. The number of ether oxygens (including phenoxy) is 1. The number of aromatic nitrogens is 2. The highest BCUT2D eigenvalue weighted by Crippen LogP contribution is 2.11. The van der Waals surface area contributed by atoms with Crippen LogP contribution in [0.3, 0.4) is 0 Å². The summed E-state index contributed by atoms with van der Waals surface area (Å²) in [5.74, 6) is 1.57. The second-order valence-corrected chi connectivity index (χ2v) is 5.61. The van der Waals surface area contributed by atoms with E-state index >= 15 is 0 Å². The Hall–Kier alpha value is -2.18. The van der Waals surface area contributed by atoms with Crippen LogP contribution in [0.1, 0.15) is 0 Å². The second kappa shape index (κ2) is 7.89. The Morgan fingerprint density at radius 3 is 2.39 bits per heavy atom. The van der Waals surface area contributed by atoms with E-state index in [0.29, 0.717) is 13.2 Å². The number of benzene rings is 1. The van der Waals surface area contributed by atoms with Gasteiger partial charge in [-0.1, -0.05) is 18.2 Å². The number of hydrogen-bond acceptors (Lipinski definition) is 6. The van der Waals surface area contributed by atoms with Crippen molar-refractivity contribution in [3.8, 4) is 5.75 Å². The minimum atomic E-state index is -0.491. The van der Waals surface area contributed by atoms with Crippen molar-refractivity contribution in [2.45, 2.75) is 6.10 Å². The van der Waals surface area contributed by atoms with E-state index in [1.54, 1.807) is 12.4 Å². The highest BCUT2D eigenvalue weighted by atomic mass is 16.5. The van der Waals surface area contributed by atoms with Gasteiger partial charge in [0.2, 0.25) is 5.95 Å². The largest absolute Gasteiger partial charge is 0.491 e. The molecule has 1 N–H and O–H groups in total. The molecule has 122 valence electrons. The summed E-state index contributed by atoms with van der Waals surface area (Å²) in [6.45, 7) is 4.45. The van der Waals surface area contributed by atoms with E-state index in [0.717, 1.165) is 37.9 Å². The van der Waals surface area contributed by atoms with Crippen LogP contribution in [0.15, 0.2) is 48.8 Å². The minimum Gasteiger partial charge on any atom is -0.491 e. The van der Waals surface area contributed by atoms with Crippen molar-refractivity contribution in [2.24, 2.45) is 0 Å². The van der Waals surface area contributed by atoms with Crippen molar-refractivity contribution >= 4 is 5.95 Å². The SMILES string of the molecule is O[C@H](COc1ccccc1)CN1CCN(c2ncccn2)CC1. The predicted molar refractivity (Wildman–Crippen MR) is 88.6 cm³/mol. The number of aliphatic hydroxyl groups excluding tert-OH is 1. The maximum Gasteiger partial charge on any atom is 0.225 e. The number of para-hydroxylation sites is 1. The first kappa shape index (κ1) is 15.7. The molecule has 1 saturated heterocycles. The van der Waals surface area contributed by atoms with Crippen LogP contribution in [0.5, 0.6) is 5.75 Å². The van der Waals surface area contributed by atoms with Gasteiger partial charge in [0.1, 0.15) is 18.5 Å². The third-order valence-electron chi connectivity index (χ3n) is 3.86. The number of rotatable bonds is 6. The first-order valence-corrected chi connectivity index (χ1v) is 7.91. The van der Waals surface area contributed by atoms with Crippen LogP contribution in [-0.2, 0) is 0 Å². The first-order chi connectivity index (χ1) is 11.3. The maximum atomic E-state index is 10.1. The lowest BCUT2D eigenvalue weighted by molar-refractivity contribution is 0.0662. The van der Waals surface area contributed by atoms with E-state index in [4.69, 9.17) is 4.74 Å². The zero-order valence-corrected chi connectivity index (χ0v) is 13.1. The molecule has 23 heavy (non-hydrogen) atoms. The van der Waals surface area contributed by atoms with Crippen LogP contribution in [0, 0.1) is 0 Å². The fraction of sp³-hybridized carbons (Fsp3) is 0.412. The molecule has 1 fully saturated rings. The van der Waals surface area contributed by atoms with Crippen LogP contribution >= 0.6 is 0 Å². The van der Waals surface area contributed by atoms with E-state index in [-0.39, 0.29) is 0 Å². The topological polar surface area (TPSA) is 61.7 Å². The van der Waals surface area contributed by atoms with Gasteiger partial charge in [-0.3, -0.25) is 4.90 Å². The number of hydrogen-bond donors (Lipinski definition) is 1. The summed E-state index contributed by atoms with van der Waals surface area (Å²) in [6.07, 6.45) is 3.04. The summed E-state index contributed by atoms with van der Waals surface area (Å²) >= 11 is 0. The van der Waals surface area contributed by atoms with Crippen LogP contribution in [0.4, 0.5) is 5.95 Å². The predicted octanol–water partition coefficient (Wildman–Crippen LogP) is 1.04. The molecular formula is C17H22N4O2. The third-order valence-corrected chi connectivity index (χ3v) is 3.86. The second-order valence-electron chi connectivity index (χ2n) is 5.61. The Morgan fingerprint density at radius 2 is 1.70 bits per heavy atom. The van der Waals surface area contributed by atoms with Gasteiger partial charge in [0, 0.05) is 45.1 Å². The fourth-order valence-electron chi connectivity index (χ4n) is 2.64. The van der Waals surface area contributed by atoms with Gasteiger partial charge in [0.05, 0.1) is 0 Å². The summed E-state index contributed by atoms with van der Waals surface area (Å²) in [6, 6.07) is 11.4. The standard InChI is InChI=1S/C17H22N4O2/c22-15(14-23-16-5-2-1-3-6-16)13-20-9-11-21(12-10-20)17-18-7-4-8-19-17/h1-8,15,22H,9-14H2/t15-/m0/s1. The first-order valence-electron chi connectivity index (χ1n) is 7.91. The summed E-state index contributed by atoms with van der Waals surface area (Å²) < 4.78 is 5.59. The Bertz CT molecular complexity index is 574. The highest BCUT2D eigenvalue weighted by molar-refractivity contribution is 5.29. The molecule has 0 saturated carbocycles. The van der Waals surface area contributed by atoms with Gasteiger partial charge in [0.15, 0.2) is 0 Å². The quantitative estimate of drug-likeness (QED) is 0.859. The van der Waals surface area contributed by atoms with E-state index < -0.39 is 6.10 Å². The summed E-state index contributed by atoms with van der Waals surface area (Å²) in [5.41, 5.74) is 0. The van der Waals surface area contributed by atoms with Gasteiger partial charge in [-0.15, -0.1) is 0 Å². The zero-order valence-electron chi connectivity index (χ0n) is 13.1.